The molecule has 3 aromatic heterocycles. The maximum Gasteiger partial charge on any atom is 0.514 e. The summed E-state index contributed by atoms with van der Waals surface area (Å²) in [5.74, 6) is 0.513. The van der Waals surface area contributed by atoms with E-state index in [9.17, 15) is 9.59 Å². The average molecular weight is 355 g/mol. The number of fused-ring (bicyclic) bond motifs is 1. The number of imidazole rings is 1. The molecule has 0 fully saturated rings. The molecule has 0 radical (unpaired) electrons. The van der Waals surface area contributed by atoms with Crippen molar-refractivity contribution in [2.75, 3.05) is 19.0 Å². The van der Waals surface area contributed by atoms with E-state index in [4.69, 9.17) is 4.74 Å². The lowest BCUT2D eigenvalue weighted by molar-refractivity contribution is 0.119. The molecule has 0 saturated heterocycles. The van der Waals surface area contributed by atoms with Gasteiger partial charge >= 0.3 is 12.2 Å². The summed E-state index contributed by atoms with van der Waals surface area (Å²) in [7, 11) is 1.22. The van der Waals surface area contributed by atoms with Crippen LogP contribution in [-0.4, -0.2) is 40.2 Å². The lowest BCUT2D eigenvalue weighted by Gasteiger charge is -2.08. The van der Waals surface area contributed by atoms with E-state index in [2.05, 4.69) is 25.3 Å². The number of hydrogen-bond donors (Lipinski definition) is 2. The van der Waals surface area contributed by atoms with Crippen LogP contribution >= 0.6 is 0 Å². The first-order valence-electron chi connectivity index (χ1n) is 7.85. The number of amides is 2. The number of anilines is 1. The summed E-state index contributed by atoms with van der Waals surface area (Å²) in [6, 6.07) is 6.76. The monoisotopic (exact) mass is 355 g/mol. The van der Waals surface area contributed by atoms with Crippen molar-refractivity contribution in [1.29, 1.82) is 0 Å². The van der Waals surface area contributed by atoms with Crippen LogP contribution in [0.1, 0.15) is 6.92 Å². The third-order valence-corrected chi connectivity index (χ3v) is 3.46. The molecular weight excluding hydrogens is 338 g/mol. The first kappa shape index (κ1) is 17.2. The molecule has 2 N–H and O–H groups in total. The maximum atomic E-state index is 11.7. The predicted octanol–water partition coefficient (Wildman–Crippen LogP) is 2.68. The number of hydrogen-bond acceptors (Lipinski definition) is 6. The number of ether oxygens (including phenoxy) is 2. The van der Waals surface area contributed by atoms with E-state index in [1.165, 1.54) is 7.11 Å². The minimum absolute atomic E-state index is 0.199. The molecule has 3 heterocycles. The second-order valence-corrected chi connectivity index (χ2v) is 5.22. The van der Waals surface area contributed by atoms with Crippen molar-refractivity contribution in [2.24, 2.45) is 0 Å². The van der Waals surface area contributed by atoms with Crippen molar-refractivity contribution in [3.8, 4) is 17.0 Å². The molecule has 0 aliphatic carbocycles. The van der Waals surface area contributed by atoms with Gasteiger partial charge in [-0.15, -0.1) is 0 Å². The molecule has 3 rings (SSSR count). The van der Waals surface area contributed by atoms with Gasteiger partial charge in [0.15, 0.2) is 5.82 Å². The standard InChI is InChI=1S/C17H17N5O4/c1-3-19-16(23)21-13-10-22-14(20-13)7-12(11-5-4-6-18-9-11)8-15(22)26-17(24)25-2/h4-10H,3H2,1-2H3,(H2,19,21,23). The normalized spacial score (nSPS) is 10.4. The van der Waals surface area contributed by atoms with Crippen molar-refractivity contribution in [3.05, 3.63) is 42.9 Å². The fourth-order valence-electron chi connectivity index (χ4n) is 2.34. The molecule has 3 aromatic rings. The van der Waals surface area contributed by atoms with Crippen LogP contribution in [0.25, 0.3) is 16.8 Å². The summed E-state index contributed by atoms with van der Waals surface area (Å²) >= 11 is 0. The van der Waals surface area contributed by atoms with E-state index in [0.29, 0.717) is 18.0 Å². The van der Waals surface area contributed by atoms with Gasteiger partial charge < -0.3 is 14.8 Å². The molecule has 0 bridgehead atoms. The Morgan fingerprint density at radius 3 is 2.81 bits per heavy atom. The van der Waals surface area contributed by atoms with Crippen LogP contribution in [0, 0.1) is 0 Å². The van der Waals surface area contributed by atoms with E-state index in [1.54, 1.807) is 41.2 Å². The molecule has 26 heavy (non-hydrogen) atoms. The topological polar surface area (TPSA) is 107 Å². The Labute approximate surface area is 149 Å². The zero-order chi connectivity index (χ0) is 18.5. The largest absolute Gasteiger partial charge is 0.514 e. The van der Waals surface area contributed by atoms with E-state index in [-0.39, 0.29) is 11.9 Å². The van der Waals surface area contributed by atoms with Crippen LogP contribution in [0.5, 0.6) is 5.88 Å². The van der Waals surface area contributed by atoms with Gasteiger partial charge in [0, 0.05) is 30.6 Å². The Kier molecular flexibility index (Phi) is 4.97. The summed E-state index contributed by atoms with van der Waals surface area (Å²) in [5, 5.41) is 5.24. The number of rotatable bonds is 4. The summed E-state index contributed by atoms with van der Waals surface area (Å²) in [5.41, 5.74) is 2.06. The molecule has 0 saturated carbocycles. The Balaban J connectivity index is 2.05. The first-order chi connectivity index (χ1) is 12.6. The van der Waals surface area contributed by atoms with Crippen molar-refractivity contribution in [1.82, 2.24) is 19.7 Å². The summed E-state index contributed by atoms with van der Waals surface area (Å²) < 4.78 is 11.3. The molecule has 0 unspecified atom stereocenters. The van der Waals surface area contributed by atoms with Gasteiger partial charge in [-0.25, -0.2) is 14.6 Å². The third-order valence-electron chi connectivity index (χ3n) is 3.46. The van der Waals surface area contributed by atoms with Gasteiger partial charge in [-0.2, -0.15) is 0 Å². The van der Waals surface area contributed by atoms with Gasteiger partial charge in [-0.05, 0) is 24.6 Å². The number of urea groups is 1. The number of nitrogens with zero attached hydrogens (tertiary/aromatic N) is 3. The molecule has 2 amide bonds. The summed E-state index contributed by atoms with van der Waals surface area (Å²) in [6.07, 6.45) is 4.04. The third kappa shape index (κ3) is 3.72. The molecule has 134 valence electrons. The van der Waals surface area contributed by atoms with E-state index < -0.39 is 6.16 Å². The molecule has 0 aromatic carbocycles. The number of nitrogens with one attached hydrogen (secondary N) is 2. The highest BCUT2D eigenvalue weighted by Gasteiger charge is 2.14. The van der Waals surface area contributed by atoms with Gasteiger partial charge in [0.25, 0.3) is 0 Å². The van der Waals surface area contributed by atoms with Crippen molar-refractivity contribution in [3.63, 3.8) is 0 Å². The maximum absolute atomic E-state index is 11.7. The fourth-order valence-corrected chi connectivity index (χ4v) is 2.34. The molecule has 0 atom stereocenters. The second-order valence-electron chi connectivity index (χ2n) is 5.22. The van der Waals surface area contributed by atoms with E-state index in [0.717, 1.165) is 11.1 Å². The van der Waals surface area contributed by atoms with Crippen molar-refractivity contribution >= 4 is 23.7 Å². The highest BCUT2D eigenvalue weighted by Crippen LogP contribution is 2.27. The lowest BCUT2D eigenvalue weighted by atomic mass is 10.1. The second kappa shape index (κ2) is 7.51. The van der Waals surface area contributed by atoms with Gasteiger partial charge in [0.2, 0.25) is 5.88 Å². The van der Waals surface area contributed by atoms with Gasteiger partial charge in [0.1, 0.15) is 5.65 Å². The lowest BCUT2D eigenvalue weighted by Crippen LogP contribution is -2.28. The Morgan fingerprint density at radius 2 is 2.12 bits per heavy atom. The molecular formula is C17H17N5O4. The van der Waals surface area contributed by atoms with Crippen LogP contribution in [-0.2, 0) is 4.74 Å². The quantitative estimate of drug-likeness (QED) is 0.697. The Bertz CT molecular complexity index is 939. The van der Waals surface area contributed by atoms with Crippen LogP contribution in [0.4, 0.5) is 15.4 Å². The van der Waals surface area contributed by atoms with Gasteiger partial charge in [-0.3, -0.25) is 14.7 Å². The highest BCUT2D eigenvalue weighted by molar-refractivity contribution is 5.88. The first-order valence-corrected chi connectivity index (χ1v) is 7.85. The van der Waals surface area contributed by atoms with E-state index in [1.807, 2.05) is 13.0 Å². The SMILES string of the molecule is CCNC(=O)Nc1cn2c(OC(=O)OC)cc(-c3cccnc3)cc2n1. The molecule has 0 spiro atoms. The van der Waals surface area contributed by atoms with Crippen LogP contribution in [0.2, 0.25) is 0 Å². The zero-order valence-electron chi connectivity index (χ0n) is 14.2. The average Bonchev–Trinajstić information content (AvgIpc) is 3.05. The van der Waals surface area contributed by atoms with Crippen molar-refractivity contribution in [2.45, 2.75) is 6.92 Å². The zero-order valence-corrected chi connectivity index (χ0v) is 14.2. The molecule has 9 heteroatoms. The number of carbonyl (C=O) groups is 2. The van der Waals surface area contributed by atoms with E-state index >= 15 is 0 Å². The molecule has 0 aliphatic heterocycles. The Hall–Kier alpha value is -3.62. The Morgan fingerprint density at radius 1 is 1.27 bits per heavy atom. The predicted molar refractivity (Wildman–Crippen MR) is 94.2 cm³/mol. The molecule has 0 aliphatic rings. The number of carbonyl (C=O) groups excluding carboxylic acids is 2. The number of methoxy groups -OCH3 is 1. The fraction of sp³-hybridized carbons (Fsp3) is 0.176. The molecule has 9 nitrogen and oxygen atoms in total. The van der Waals surface area contributed by atoms with Gasteiger partial charge in [0.05, 0.1) is 13.3 Å². The summed E-state index contributed by atoms with van der Waals surface area (Å²) in [4.78, 5) is 31.7. The highest BCUT2D eigenvalue weighted by atomic mass is 16.7. The summed E-state index contributed by atoms with van der Waals surface area (Å²) in [6.45, 7) is 2.30. The number of aromatic nitrogens is 3. The van der Waals surface area contributed by atoms with Crippen molar-refractivity contribution < 1.29 is 19.1 Å². The van der Waals surface area contributed by atoms with Crippen LogP contribution in [0.3, 0.4) is 0 Å². The van der Waals surface area contributed by atoms with Crippen LogP contribution < -0.4 is 15.4 Å². The van der Waals surface area contributed by atoms with Gasteiger partial charge in [-0.1, -0.05) is 6.07 Å². The smallest absolute Gasteiger partial charge is 0.437 e. The minimum Gasteiger partial charge on any atom is -0.437 e. The minimum atomic E-state index is -0.860. The number of pyridine rings is 2. The van der Waals surface area contributed by atoms with Crippen LogP contribution in [0.15, 0.2) is 42.9 Å².